The van der Waals surface area contributed by atoms with Crippen molar-refractivity contribution in [3.63, 3.8) is 0 Å². The summed E-state index contributed by atoms with van der Waals surface area (Å²) in [5.41, 5.74) is 3.07. The molecule has 0 spiro atoms. The summed E-state index contributed by atoms with van der Waals surface area (Å²) in [5, 5.41) is 0. The van der Waals surface area contributed by atoms with E-state index in [0.717, 1.165) is 0 Å². The van der Waals surface area contributed by atoms with E-state index in [1.54, 1.807) is 0 Å². The standard InChI is InChI=1S/C15H22BN/c1-12-11-17(15(3,4)5)16(13(12)2)14-9-7-6-8-10-14/h6-11,13H,1-5H3. The van der Waals surface area contributed by atoms with Crippen molar-refractivity contribution < 1.29 is 0 Å². The summed E-state index contributed by atoms with van der Waals surface area (Å²) in [5.74, 6) is 0.594. The molecule has 0 saturated heterocycles. The minimum absolute atomic E-state index is 0.173. The average Bonchev–Trinajstić information content (AvgIpc) is 2.57. The third kappa shape index (κ3) is 2.26. The third-order valence-corrected chi connectivity index (χ3v) is 3.75. The molecule has 1 aliphatic heterocycles. The maximum atomic E-state index is 2.50. The fourth-order valence-corrected chi connectivity index (χ4v) is 2.62. The molecular weight excluding hydrogens is 205 g/mol. The molecule has 1 aromatic rings. The molecule has 90 valence electrons. The van der Waals surface area contributed by atoms with E-state index >= 15 is 0 Å². The van der Waals surface area contributed by atoms with Crippen LogP contribution >= 0.6 is 0 Å². The summed E-state index contributed by atoms with van der Waals surface area (Å²) in [7, 11) is 0. The molecule has 0 bridgehead atoms. The summed E-state index contributed by atoms with van der Waals surface area (Å²) in [6.07, 6.45) is 2.34. The van der Waals surface area contributed by atoms with Gasteiger partial charge in [0.15, 0.2) is 0 Å². The second-order valence-electron chi connectivity index (χ2n) is 6.10. The maximum absolute atomic E-state index is 2.50. The Morgan fingerprint density at radius 2 is 1.71 bits per heavy atom. The van der Waals surface area contributed by atoms with Gasteiger partial charge in [-0.1, -0.05) is 48.3 Å². The minimum Gasteiger partial charge on any atom is -0.412 e. The van der Waals surface area contributed by atoms with E-state index in [1.165, 1.54) is 11.0 Å². The van der Waals surface area contributed by atoms with Crippen LogP contribution in [0.25, 0.3) is 0 Å². The first-order valence-electron chi connectivity index (χ1n) is 6.43. The number of nitrogens with zero attached hydrogens (tertiary/aromatic N) is 1. The molecule has 2 rings (SSSR count). The van der Waals surface area contributed by atoms with Crippen LogP contribution in [-0.2, 0) is 0 Å². The van der Waals surface area contributed by atoms with E-state index in [9.17, 15) is 0 Å². The molecule has 2 heteroatoms. The smallest absolute Gasteiger partial charge is 0.295 e. The number of rotatable bonds is 1. The second kappa shape index (κ2) is 4.25. The van der Waals surface area contributed by atoms with Crippen LogP contribution in [0.15, 0.2) is 42.1 Å². The fraction of sp³-hybridized carbons (Fsp3) is 0.467. The molecule has 0 aliphatic carbocycles. The Kier molecular flexibility index (Phi) is 3.07. The van der Waals surface area contributed by atoms with Crippen LogP contribution in [0.2, 0.25) is 5.82 Å². The molecular formula is C15H22BN. The van der Waals surface area contributed by atoms with Crippen LogP contribution in [0, 0.1) is 0 Å². The average molecular weight is 227 g/mol. The van der Waals surface area contributed by atoms with E-state index in [4.69, 9.17) is 0 Å². The van der Waals surface area contributed by atoms with Crippen LogP contribution in [0.5, 0.6) is 0 Å². The Balaban J connectivity index is 2.39. The minimum atomic E-state index is 0.173. The van der Waals surface area contributed by atoms with Gasteiger partial charge in [0.2, 0.25) is 0 Å². The van der Waals surface area contributed by atoms with Gasteiger partial charge in [-0.05, 0) is 39.7 Å². The first kappa shape index (κ1) is 12.3. The fourth-order valence-electron chi connectivity index (χ4n) is 2.62. The van der Waals surface area contributed by atoms with Crippen molar-refractivity contribution in [3.8, 4) is 0 Å². The van der Waals surface area contributed by atoms with E-state index < -0.39 is 0 Å². The van der Waals surface area contributed by atoms with Gasteiger partial charge in [0, 0.05) is 5.54 Å². The largest absolute Gasteiger partial charge is 0.412 e. The van der Waals surface area contributed by atoms with Gasteiger partial charge in [0.05, 0.1) is 0 Å². The molecule has 1 unspecified atom stereocenters. The van der Waals surface area contributed by atoms with Crippen LogP contribution in [0.4, 0.5) is 0 Å². The first-order chi connectivity index (χ1) is 7.91. The Labute approximate surface area is 106 Å². The molecule has 1 atom stereocenters. The van der Waals surface area contributed by atoms with Gasteiger partial charge in [0.25, 0.3) is 6.85 Å². The molecule has 0 fully saturated rings. The van der Waals surface area contributed by atoms with Crippen molar-refractivity contribution in [1.29, 1.82) is 0 Å². The second-order valence-corrected chi connectivity index (χ2v) is 6.10. The molecule has 1 nitrogen and oxygen atoms in total. The lowest BCUT2D eigenvalue weighted by atomic mass is 9.45. The van der Waals surface area contributed by atoms with Crippen molar-refractivity contribution in [2.24, 2.45) is 0 Å². The number of allylic oxidation sites excluding steroid dienone is 1. The highest BCUT2D eigenvalue weighted by Crippen LogP contribution is 2.34. The lowest BCUT2D eigenvalue weighted by Crippen LogP contribution is -2.52. The number of hydrogen-bond donors (Lipinski definition) is 0. The zero-order valence-electron chi connectivity index (χ0n) is 11.6. The van der Waals surface area contributed by atoms with Gasteiger partial charge in [0.1, 0.15) is 0 Å². The summed E-state index contributed by atoms with van der Waals surface area (Å²) >= 11 is 0. The number of benzene rings is 1. The van der Waals surface area contributed by atoms with E-state index in [0.29, 0.717) is 12.7 Å². The maximum Gasteiger partial charge on any atom is 0.295 e. The normalized spacial score (nSPS) is 20.8. The SMILES string of the molecule is CC1=CN(C(C)(C)C)B(c2ccccc2)C1C. The molecule has 0 radical (unpaired) electrons. The Hall–Kier alpha value is -1.18. The molecule has 17 heavy (non-hydrogen) atoms. The van der Waals surface area contributed by atoms with Crippen molar-refractivity contribution >= 4 is 12.3 Å². The topological polar surface area (TPSA) is 3.24 Å². The van der Waals surface area contributed by atoms with Crippen LogP contribution in [0.3, 0.4) is 0 Å². The molecule has 1 heterocycles. The Morgan fingerprint density at radius 3 is 2.24 bits per heavy atom. The van der Waals surface area contributed by atoms with E-state index in [-0.39, 0.29) is 5.54 Å². The molecule has 0 N–H and O–H groups in total. The van der Waals surface area contributed by atoms with Gasteiger partial charge < -0.3 is 4.81 Å². The van der Waals surface area contributed by atoms with Gasteiger partial charge in [-0.3, -0.25) is 0 Å². The molecule has 0 saturated carbocycles. The van der Waals surface area contributed by atoms with Crippen LogP contribution < -0.4 is 5.46 Å². The summed E-state index contributed by atoms with van der Waals surface area (Å²) < 4.78 is 0. The molecule has 1 aromatic carbocycles. The van der Waals surface area contributed by atoms with Crippen molar-refractivity contribution in [1.82, 2.24) is 4.81 Å². The molecule has 0 aromatic heterocycles. The monoisotopic (exact) mass is 227 g/mol. The van der Waals surface area contributed by atoms with Gasteiger partial charge in [-0.25, -0.2) is 0 Å². The zero-order valence-corrected chi connectivity index (χ0v) is 11.6. The van der Waals surface area contributed by atoms with Crippen molar-refractivity contribution in [2.45, 2.75) is 46.0 Å². The molecule has 1 aliphatic rings. The highest BCUT2D eigenvalue weighted by atomic mass is 15.1. The predicted molar refractivity (Wildman–Crippen MR) is 76.6 cm³/mol. The van der Waals surface area contributed by atoms with Crippen LogP contribution in [0.1, 0.15) is 34.6 Å². The van der Waals surface area contributed by atoms with Crippen LogP contribution in [-0.4, -0.2) is 17.2 Å². The highest BCUT2D eigenvalue weighted by molar-refractivity contribution is 6.73. The Bertz CT molecular complexity index is 416. The van der Waals surface area contributed by atoms with Crippen molar-refractivity contribution in [2.75, 3.05) is 0 Å². The van der Waals surface area contributed by atoms with Gasteiger partial charge >= 0.3 is 0 Å². The van der Waals surface area contributed by atoms with Gasteiger partial charge in [-0.15, -0.1) is 0 Å². The predicted octanol–water partition coefficient (Wildman–Crippen LogP) is 3.29. The van der Waals surface area contributed by atoms with Crippen molar-refractivity contribution in [3.05, 3.63) is 42.1 Å². The third-order valence-electron chi connectivity index (χ3n) is 3.75. The lowest BCUT2D eigenvalue weighted by molar-refractivity contribution is 0.328. The van der Waals surface area contributed by atoms with E-state index in [2.05, 4.69) is 76.0 Å². The summed E-state index contributed by atoms with van der Waals surface area (Å²) in [4.78, 5) is 2.50. The first-order valence-corrected chi connectivity index (χ1v) is 6.43. The highest BCUT2D eigenvalue weighted by Gasteiger charge is 2.40. The van der Waals surface area contributed by atoms with Gasteiger partial charge in [-0.2, -0.15) is 0 Å². The zero-order chi connectivity index (χ0) is 12.6. The summed E-state index contributed by atoms with van der Waals surface area (Å²) in [6, 6.07) is 10.8. The lowest BCUT2D eigenvalue weighted by Gasteiger charge is -2.38. The Morgan fingerprint density at radius 1 is 1.12 bits per heavy atom. The number of hydrogen-bond acceptors (Lipinski definition) is 1. The summed E-state index contributed by atoms with van der Waals surface area (Å²) in [6.45, 7) is 11.9. The quantitative estimate of drug-likeness (QED) is 0.665. The molecule has 0 amide bonds. The van der Waals surface area contributed by atoms with E-state index in [1.807, 2.05) is 0 Å².